The highest BCUT2D eigenvalue weighted by atomic mass is 19.3. The van der Waals surface area contributed by atoms with E-state index in [0.29, 0.717) is 5.56 Å². The lowest BCUT2D eigenvalue weighted by Crippen LogP contribution is -2.45. The maximum Gasteiger partial charge on any atom is 0.255 e. The van der Waals surface area contributed by atoms with Crippen molar-refractivity contribution < 1.29 is 13.6 Å². The van der Waals surface area contributed by atoms with E-state index in [1.807, 2.05) is 0 Å². The quantitative estimate of drug-likeness (QED) is 0.877. The molecular weight excluding hydrogens is 238 g/mol. The van der Waals surface area contributed by atoms with Crippen LogP contribution in [-0.2, 0) is 4.79 Å². The molecule has 18 heavy (non-hydrogen) atoms. The fourth-order valence-corrected chi connectivity index (χ4v) is 1.69. The Morgan fingerprint density at radius 3 is 2.28 bits per heavy atom. The third kappa shape index (κ3) is 3.77. The lowest BCUT2D eigenvalue weighted by Gasteiger charge is -2.29. The van der Waals surface area contributed by atoms with E-state index in [0.717, 1.165) is 4.90 Å². The Balaban J connectivity index is 2.83. The molecule has 3 nitrogen and oxygen atoms in total. The van der Waals surface area contributed by atoms with Crippen molar-refractivity contribution in [1.29, 1.82) is 0 Å². The molecule has 0 aliphatic heterocycles. The topological polar surface area (TPSA) is 46.3 Å². The van der Waals surface area contributed by atoms with Gasteiger partial charge >= 0.3 is 0 Å². The average Bonchev–Trinajstić information content (AvgIpc) is 2.34. The van der Waals surface area contributed by atoms with Gasteiger partial charge in [0.1, 0.15) is 6.04 Å². The average molecular weight is 256 g/mol. The number of rotatable bonds is 5. The Morgan fingerprint density at radius 2 is 1.83 bits per heavy atom. The number of amides is 1. The van der Waals surface area contributed by atoms with Crippen LogP contribution in [0.2, 0.25) is 0 Å². The summed E-state index contributed by atoms with van der Waals surface area (Å²) in [6.45, 7) is 2.80. The summed E-state index contributed by atoms with van der Waals surface area (Å²) >= 11 is 0. The van der Waals surface area contributed by atoms with Crippen molar-refractivity contribution in [3.8, 4) is 0 Å². The Kier molecular flexibility index (Phi) is 5.22. The Hall–Kier alpha value is -1.49. The molecule has 0 bridgehead atoms. The maximum atomic E-state index is 12.4. The number of hydrogen-bond acceptors (Lipinski definition) is 2. The van der Waals surface area contributed by atoms with Gasteiger partial charge in [-0.3, -0.25) is 4.79 Å². The summed E-state index contributed by atoms with van der Waals surface area (Å²) in [6, 6.07) is 7.55. The molecule has 1 rings (SSSR count). The maximum absolute atomic E-state index is 12.4. The standard InChI is InChI=1S/C13H18F2N2O/c1-9(2)17(8-11(14)15)13(18)12(16)10-6-4-3-5-7-10/h3-7,9,11-12H,8,16H2,1-2H3/t12-/m0/s1. The van der Waals surface area contributed by atoms with E-state index in [4.69, 9.17) is 5.73 Å². The minimum atomic E-state index is -2.56. The van der Waals surface area contributed by atoms with E-state index in [1.54, 1.807) is 44.2 Å². The van der Waals surface area contributed by atoms with Crippen LogP contribution in [0.3, 0.4) is 0 Å². The highest BCUT2D eigenvalue weighted by Crippen LogP contribution is 2.15. The zero-order chi connectivity index (χ0) is 13.7. The van der Waals surface area contributed by atoms with Crippen LogP contribution in [0.15, 0.2) is 30.3 Å². The molecule has 1 aromatic carbocycles. The van der Waals surface area contributed by atoms with Gasteiger partial charge in [-0.15, -0.1) is 0 Å². The molecule has 0 fully saturated rings. The van der Waals surface area contributed by atoms with E-state index in [-0.39, 0.29) is 6.04 Å². The van der Waals surface area contributed by atoms with Crippen LogP contribution in [0.25, 0.3) is 0 Å². The lowest BCUT2D eigenvalue weighted by molar-refractivity contribution is -0.136. The van der Waals surface area contributed by atoms with Crippen LogP contribution in [0.4, 0.5) is 8.78 Å². The lowest BCUT2D eigenvalue weighted by atomic mass is 10.1. The molecular formula is C13H18F2N2O. The molecule has 0 aliphatic carbocycles. The van der Waals surface area contributed by atoms with E-state index in [1.165, 1.54) is 0 Å². The minimum absolute atomic E-state index is 0.304. The Bertz CT molecular complexity index is 382. The molecule has 100 valence electrons. The highest BCUT2D eigenvalue weighted by molar-refractivity contribution is 5.83. The molecule has 2 N–H and O–H groups in total. The van der Waals surface area contributed by atoms with Gasteiger partial charge in [0.2, 0.25) is 5.91 Å². The van der Waals surface area contributed by atoms with Crippen molar-refractivity contribution in [2.24, 2.45) is 5.73 Å². The Morgan fingerprint density at radius 1 is 1.28 bits per heavy atom. The van der Waals surface area contributed by atoms with Crippen LogP contribution in [0.1, 0.15) is 25.5 Å². The first-order valence-electron chi connectivity index (χ1n) is 5.82. The van der Waals surface area contributed by atoms with Crippen molar-refractivity contribution in [3.05, 3.63) is 35.9 Å². The predicted octanol–water partition coefficient (Wildman–Crippen LogP) is 2.19. The number of hydrogen-bond donors (Lipinski definition) is 1. The van der Waals surface area contributed by atoms with Gasteiger partial charge in [-0.25, -0.2) is 8.78 Å². The van der Waals surface area contributed by atoms with E-state index in [2.05, 4.69) is 0 Å². The number of halogens is 2. The smallest absolute Gasteiger partial charge is 0.255 e. The number of benzene rings is 1. The zero-order valence-electron chi connectivity index (χ0n) is 10.5. The van der Waals surface area contributed by atoms with Gasteiger partial charge in [0.15, 0.2) is 0 Å². The molecule has 0 aliphatic rings. The van der Waals surface area contributed by atoms with Gasteiger partial charge in [0.25, 0.3) is 6.43 Å². The summed E-state index contributed by atoms with van der Waals surface area (Å²) in [5, 5.41) is 0. The first-order valence-corrected chi connectivity index (χ1v) is 5.82. The number of alkyl halides is 2. The van der Waals surface area contributed by atoms with Crippen LogP contribution in [0.5, 0.6) is 0 Å². The second-order valence-electron chi connectivity index (χ2n) is 4.36. The predicted molar refractivity (Wildman–Crippen MR) is 66.2 cm³/mol. The molecule has 1 atom stereocenters. The van der Waals surface area contributed by atoms with Crippen molar-refractivity contribution in [1.82, 2.24) is 4.90 Å². The normalized spacial score (nSPS) is 12.8. The fraction of sp³-hybridized carbons (Fsp3) is 0.462. The SMILES string of the molecule is CC(C)N(CC(F)F)C(=O)[C@@H](N)c1ccccc1. The molecule has 0 spiro atoms. The van der Waals surface area contributed by atoms with Crippen molar-refractivity contribution in [3.63, 3.8) is 0 Å². The summed E-state index contributed by atoms with van der Waals surface area (Å²) in [4.78, 5) is 13.2. The summed E-state index contributed by atoms with van der Waals surface area (Å²) in [6.07, 6.45) is -2.56. The molecule has 5 heteroatoms. The summed E-state index contributed by atoms with van der Waals surface area (Å²) in [7, 11) is 0. The number of nitrogens with zero attached hydrogens (tertiary/aromatic N) is 1. The first kappa shape index (κ1) is 14.6. The highest BCUT2D eigenvalue weighted by Gasteiger charge is 2.26. The van der Waals surface area contributed by atoms with E-state index < -0.39 is 24.9 Å². The Labute approximate surface area is 106 Å². The minimum Gasteiger partial charge on any atom is -0.333 e. The number of carbonyl (C=O) groups excluding carboxylic acids is 1. The van der Waals surface area contributed by atoms with Gasteiger partial charge in [-0.05, 0) is 19.4 Å². The second kappa shape index (κ2) is 6.44. The second-order valence-corrected chi connectivity index (χ2v) is 4.36. The van der Waals surface area contributed by atoms with Gasteiger partial charge in [-0.2, -0.15) is 0 Å². The van der Waals surface area contributed by atoms with E-state index in [9.17, 15) is 13.6 Å². The number of nitrogens with two attached hydrogens (primary N) is 1. The summed E-state index contributed by atoms with van der Waals surface area (Å²) in [5.74, 6) is -0.475. The van der Waals surface area contributed by atoms with Crippen molar-refractivity contribution in [2.45, 2.75) is 32.4 Å². The van der Waals surface area contributed by atoms with Crippen LogP contribution in [0, 0.1) is 0 Å². The molecule has 0 aromatic heterocycles. The summed E-state index contributed by atoms with van der Waals surface area (Å²) in [5.41, 5.74) is 6.44. The molecule has 0 saturated carbocycles. The molecule has 0 radical (unpaired) electrons. The largest absolute Gasteiger partial charge is 0.333 e. The third-order valence-corrected chi connectivity index (χ3v) is 2.67. The first-order chi connectivity index (χ1) is 8.43. The van der Waals surface area contributed by atoms with Crippen LogP contribution in [-0.4, -0.2) is 29.8 Å². The van der Waals surface area contributed by atoms with Gasteiger partial charge in [0.05, 0.1) is 6.54 Å². The number of carbonyl (C=O) groups is 1. The van der Waals surface area contributed by atoms with Gasteiger partial charge < -0.3 is 10.6 Å². The molecule has 0 unspecified atom stereocenters. The zero-order valence-corrected chi connectivity index (χ0v) is 10.5. The fourth-order valence-electron chi connectivity index (χ4n) is 1.69. The van der Waals surface area contributed by atoms with Crippen LogP contribution < -0.4 is 5.73 Å². The molecule has 0 heterocycles. The van der Waals surface area contributed by atoms with Crippen LogP contribution >= 0.6 is 0 Å². The molecule has 1 amide bonds. The monoisotopic (exact) mass is 256 g/mol. The summed E-state index contributed by atoms with van der Waals surface area (Å²) < 4.78 is 24.9. The van der Waals surface area contributed by atoms with E-state index >= 15 is 0 Å². The van der Waals surface area contributed by atoms with Gasteiger partial charge in [0, 0.05) is 6.04 Å². The van der Waals surface area contributed by atoms with Crippen molar-refractivity contribution in [2.75, 3.05) is 6.54 Å². The third-order valence-electron chi connectivity index (χ3n) is 2.67. The molecule has 1 aromatic rings. The molecule has 0 saturated heterocycles. The van der Waals surface area contributed by atoms with Gasteiger partial charge in [-0.1, -0.05) is 30.3 Å². The van der Waals surface area contributed by atoms with Crippen molar-refractivity contribution >= 4 is 5.91 Å².